The predicted molar refractivity (Wildman–Crippen MR) is 75.2 cm³/mol. The van der Waals surface area contributed by atoms with E-state index in [9.17, 15) is 13.6 Å². The largest absolute Gasteiger partial charge is 0.496 e. The van der Waals surface area contributed by atoms with Crippen LogP contribution in [0.15, 0.2) is 34.8 Å². The summed E-state index contributed by atoms with van der Waals surface area (Å²) in [5.74, 6) is -1.66. The smallest absolute Gasteiger partial charge is 0.199 e. The Morgan fingerprint density at radius 3 is 2.40 bits per heavy atom. The van der Waals surface area contributed by atoms with Crippen LogP contribution >= 0.6 is 15.9 Å². The summed E-state index contributed by atoms with van der Waals surface area (Å²) in [7, 11) is 1.32. The molecule has 0 unspecified atom stereocenters. The fraction of sp³-hybridized carbons (Fsp3) is 0.133. The number of hydrogen-bond acceptors (Lipinski definition) is 2. The van der Waals surface area contributed by atoms with Gasteiger partial charge in [-0.25, -0.2) is 8.78 Å². The first-order valence-corrected chi connectivity index (χ1v) is 6.57. The first-order valence-electron chi connectivity index (χ1n) is 5.78. The second-order valence-corrected chi connectivity index (χ2v) is 5.13. The Labute approximate surface area is 123 Å². The predicted octanol–water partition coefficient (Wildman–Crippen LogP) is 4.28. The molecule has 0 N–H and O–H groups in total. The van der Waals surface area contributed by atoms with Gasteiger partial charge in [-0.05, 0) is 46.6 Å². The first-order chi connectivity index (χ1) is 9.43. The fourth-order valence-electron chi connectivity index (χ4n) is 1.82. The highest BCUT2D eigenvalue weighted by Crippen LogP contribution is 2.29. The molecule has 0 bridgehead atoms. The van der Waals surface area contributed by atoms with Crippen LogP contribution < -0.4 is 4.74 Å². The van der Waals surface area contributed by atoms with Crippen LogP contribution in [0.5, 0.6) is 5.75 Å². The first kappa shape index (κ1) is 14.7. The number of aryl methyl sites for hydroxylation is 1. The molecule has 0 saturated carbocycles. The van der Waals surface area contributed by atoms with E-state index < -0.39 is 17.4 Å². The molecule has 2 rings (SSSR count). The van der Waals surface area contributed by atoms with Gasteiger partial charge in [0.2, 0.25) is 0 Å². The zero-order valence-electron chi connectivity index (χ0n) is 10.8. The third-order valence-corrected chi connectivity index (χ3v) is 3.46. The summed E-state index contributed by atoms with van der Waals surface area (Å²) in [6, 6.07) is 6.70. The van der Waals surface area contributed by atoms with E-state index in [-0.39, 0.29) is 21.3 Å². The van der Waals surface area contributed by atoms with E-state index in [2.05, 4.69) is 15.9 Å². The van der Waals surface area contributed by atoms with Gasteiger partial charge in [-0.2, -0.15) is 0 Å². The molecule has 2 aromatic rings. The highest BCUT2D eigenvalue weighted by atomic mass is 79.9. The number of hydrogen-bond donors (Lipinski definition) is 0. The molecule has 0 aliphatic rings. The lowest BCUT2D eigenvalue weighted by atomic mass is 10.0. The van der Waals surface area contributed by atoms with Gasteiger partial charge in [0, 0.05) is 6.07 Å². The van der Waals surface area contributed by atoms with Gasteiger partial charge in [0.05, 0.1) is 22.7 Å². The molecule has 0 atom stereocenters. The fourth-order valence-corrected chi connectivity index (χ4v) is 2.17. The van der Waals surface area contributed by atoms with E-state index in [1.54, 1.807) is 13.0 Å². The minimum atomic E-state index is -0.613. The number of carbonyl (C=O) groups excluding carboxylic acids is 1. The number of ketones is 1. The molecule has 2 nitrogen and oxygen atoms in total. The summed E-state index contributed by atoms with van der Waals surface area (Å²) in [6.45, 7) is 1.73. The summed E-state index contributed by atoms with van der Waals surface area (Å²) in [5.41, 5.74) is 0.738. The number of benzene rings is 2. The van der Waals surface area contributed by atoms with Gasteiger partial charge in [-0.3, -0.25) is 4.79 Å². The maximum absolute atomic E-state index is 13.9. The van der Waals surface area contributed by atoms with Crippen molar-refractivity contribution in [1.29, 1.82) is 0 Å². The van der Waals surface area contributed by atoms with E-state index >= 15 is 0 Å². The van der Waals surface area contributed by atoms with Crippen molar-refractivity contribution >= 4 is 21.7 Å². The molecular weight excluding hydrogens is 330 g/mol. The van der Waals surface area contributed by atoms with Gasteiger partial charge in [0.15, 0.2) is 5.78 Å². The van der Waals surface area contributed by atoms with Crippen LogP contribution in [0.25, 0.3) is 0 Å². The van der Waals surface area contributed by atoms with Crippen LogP contribution in [-0.2, 0) is 0 Å². The van der Waals surface area contributed by atoms with Gasteiger partial charge < -0.3 is 4.74 Å². The van der Waals surface area contributed by atoms with E-state index in [0.29, 0.717) is 5.56 Å². The zero-order valence-corrected chi connectivity index (χ0v) is 12.4. The molecule has 0 spiro atoms. The lowest BCUT2D eigenvalue weighted by molar-refractivity contribution is 0.103. The molecule has 0 saturated heterocycles. The lowest BCUT2D eigenvalue weighted by Crippen LogP contribution is -2.07. The quantitative estimate of drug-likeness (QED) is 0.779. The molecule has 0 aromatic heterocycles. The van der Waals surface area contributed by atoms with Crippen LogP contribution in [0.1, 0.15) is 21.5 Å². The van der Waals surface area contributed by atoms with E-state index in [4.69, 9.17) is 4.74 Å². The molecule has 20 heavy (non-hydrogen) atoms. The van der Waals surface area contributed by atoms with Gasteiger partial charge >= 0.3 is 0 Å². The van der Waals surface area contributed by atoms with Gasteiger partial charge in [0.1, 0.15) is 17.4 Å². The summed E-state index contributed by atoms with van der Waals surface area (Å²) in [4.78, 5) is 12.4. The number of ether oxygens (including phenoxy) is 1. The Hall–Kier alpha value is -1.75. The summed E-state index contributed by atoms with van der Waals surface area (Å²) in [5, 5.41) is 0. The third kappa shape index (κ3) is 2.72. The molecule has 5 heteroatoms. The standard InChI is InChI=1S/C15H11BrF2O2/c1-8-3-4-9(12(17)5-8)15(19)10-6-11(16)13(18)7-14(10)20-2/h3-7H,1-2H3. The highest BCUT2D eigenvalue weighted by Gasteiger charge is 2.20. The maximum atomic E-state index is 13.9. The van der Waals surface area contributed by atoms with Gasteiger partial charge in [-0.1, -0.05) is 6.07 Å². The van der Waals surface area contributed by atoms with E-state index in [1.165, 1.54) is 25.3 Å². The van der Waals surface area contributed by atoms with Gasteiger partial charge in [0.25, 0.3) is 0 Å². The molecule has 104 valence electrons. The van der Waals surface area contributed by atoms with Crippen LogP contribution in [0, 0.1) is 18.6 Å². The maximum Gasteiger partial charge on any atom is 0.199 e. The van der Waals surface area contributed by atoms with E-state index in [1.807, 2.05) is 0 Å². The summed E-state index contributed by atoms with van der Waals surface area (Å²) >= 11 is 3.00. The van der Waals surface area contributed by atoms with Crippen molar-refractivity contribution in [3.05, 3.63) is 63.1 Å². The van der Waals surface area contributed by atoms with Crippen LogP contribution in [0.3, 0.4) is 0 Å². The van der Waals surface area contributed by atoms with Crippen LogP contribution in [-0.4, -0.2) is 12.9 Å². The molecular formula is C15H11BrF2O2. The van der Waals surface area contributed by atoms with Crippen molar-refractivity contribution in [1.82, 2.24) is 0 Å². The Morgan fingerprint density at radius 1 is 1.10 bits per heavy atom. The number of carbonyl (C=O) groups is 1. The molecule has 0 radical (unpaired) electrons. The average Bonchev–Trinajstić information content (AvgIpc) is 2.40. The Morgan fingerprint density at radius 2 is 1.80 bits per heavy atom. The molecule has 0 amide bonds. The lowest BCUT2D eigenvalue weighted by Gasteiger charge is -2.10. The molecule has 0 fully saturated rings. The van der Waals surface area contributed by atoms with Crippen molar-refractivity contribution in [2.45, 2.75) is 6.92 Å². The van der Waals surface area contributed by atoms with Crippen molar-refractivity contribution < 1.29 is 18.3 Å². The normalized spacial score (nSPS) is 10.4. The number of rotatable bonds is 3. The zero-order chi connectivity index (χ0) is 14.9. The van der Waals surface area contributed by atoms with Gasteiger partial charge in [-0.15, -0.1) is 0 Å². The minimum Gasteiger partial charge on any atom is -0.496 e. The van der Waals surface area contributed by atoms with Crippen LogP contribution in [0.2, 0.25) is 0 Å². The molecule has 2 aromatic carbocycles. The number of methoxy groups -OCH3 is 1. The molecule has 0 aliphatic carbocycles. The molecule has 0 aliphatic heterocycles. The van der Waals surface area contributed by atoms with Crippen molar-refractivity contribution in [2.75, 3.05) is 7.11 Å². The minimum absolute atomic E-state index is 0.0654. The topological polar surface area (TPSA) is 26.3 Å². The second kappa shape index (κ2) is 5.71. The van der Waals surface area contributed by atoms with Crippen LogP contribution in [0.4, 0.5) is 8.78 Å². The highest BCUT2D eigenvalue weighted by molar-refractivity contribution is 9.10. The van der Waals surface area contributed by atoms with Crippen molar-refractivity contribution in [2.24, 2.45) is 0 Å². The summed E-state index contributed by atoms with van der Waals surface area (Å²) < 4.78 is 32.4. The number of halogens is 3. The van der Waals surface area contributed by atoms with Crippen molar-refractivity contribution in [3.63, 3.8) is 0 Å². The second-order valence-electron chi connectivity index (χ2n) is 4.28. The monoisotopic (exact) mass is 340 g/mol. The Balaban J connectivity index is 2.55. The average molecular weight is 341 g/mol. The van der Waals surface area contributed by atoms with E-state index in [0.717, 1.165) is 6.07 Å². The third-order valence-electron chi connectivity index (χ3n) is 2.86. The molecule has 0 heterocycles. The van der Waals surface area contributed by atoms with Crippen molar-refractivity contribution in [3.8, 4) is 5.75 Å². The summed E-state index contributed by atoms with van der Waals surface area (Å²) in [6.07, 6.45) is 0. The SMILES string of the molecule is COc1cc(F)c(Br)cc1C(=O)c1ccc(C)cc1F. The Kier molecular flexibility index (Phi) is 4.18. The Bertz CT molecular complexity index is 684.